The molecule has 0 spiro atoms. The number of nitrogens with zero attached hydrogens (tertiary/aromatic N) is 1. The van der Waals surface area contributed by atoms with Crippen LogP contribution in [0.15, 0.2) is 48.5 Å². The molecule has 7 nitrogen and oxygen atoms in total. The van der Waals surface area contributed by atoms with E-state index < -0.39 is 33.5 Å². The van der Waals surface area contributed by atoms with E-state index in [0.717, 1.165) is 24.0 Å². The normalized spacial score (nSPS) is 24.8. The molecule has 1 amide bonds. The van der Waals surface area contributed by atoms with E-state index >= 15 is 0 Å². The van der Waals surface area contributed by atoms with E-state index in [4.69, 9.17) is 23.2 Å². The zero-order valence-electron chi connectivity index (χ0n) is 21.6. The first-order valence-electron chi connectivity index (χ1n) is 13.0. The number of likely N-dealkylation sites (tertiary alicyclic amines) is 1. The first-order valence-corrected chi connectivity index (χ1v) is 15.4. The number of hydrogen-bond acceptors (Lipinski definition) is 4. The fourth-order valence-corrected chi connectivity index (χ4v) is 7.44. The molecule has 1 heterocycles. The summed E-state index contributed by atoms with van der Waals surface area (Å²) in [6, 6.07) is 13.7. The van der Waals surface area contributed by atoms with Crippen LogP contribution in [0.5, 0.6) is 0 Å². The van der Waals surface area contributed by atoms with Crippen molar-refractivity contribution in [3.63, 3.8) is 0 Å². The molecule has 10 heteroatoms. The van der Waals surface area contributed by atoms with Crippen LogP contribution in [0.1, 0.15) is 69.0 Å². The summed E-state index contributed by atoms with van der Waals surface area (Å²) in [5, 5.41) is 10.8. The molecular formula is C28H34Cl2N2O5S. The predicted octanol–water partition coefficient (Wildman–Crippen LogP) is 5.64. The Balaban J connectivity index is 1.80. The fourth-order valence-electron chi connectivity index (χ4n) is 5.60. The molecule has 2 aromatic rings. The molecular weight excluding hydrogens is 547 g/mol. The minimum absolute atomic E-state index is 0.0484. The summed E-state index contributed by atoms with van der Waals surface area (Å²) in [6.45, 7) is 3.65. The van der Waals surface area contributed by atoms with Gasteiger partial charge in [-0.05, 0) is 67.0 Å². The molecule has 2 aromatic carbocycles. The Morgan fingerprint density at radius 1 is 1.13 bits per heavy atom. The lowest BCUT2D eigenvalue weighted by Gasteiger charge is -2.52. The number of carboxylic acids is 1. The third-order valence-electron chi connectivity index (χ3n) is 7.69. The average molecular weight is 582 g/mol. The van der Waals surface area contributed by atoms with Gasteiger partial charge in [-0.25, -0.2) is 13.1 Å². The van der Waals surface area contributed by atoms with Crippen molar-refractivity contribution in [1.82, 2.24) is 9.62 Å². The van der Waals surface area contributed by atoms with E-state index in [1.807, 2.05) is 37.3 Å². The van der Waals surface area contributed by atoms with Crippen LogP contribution in [0.25, 0.3) is 0 Å². The average Bonchev–Trinajstić information content (AvgIpc) is 3.65. The molecule has 2 N–H and O–H groups in total. The molecule has 1 aliphatic carbocycles. The van der Waals surface area contributed by atoms with Crippen molar-refractivity contribution in [3.8, 4) is 0 Å². The summed E-state index contributed by atoms with van der Waals surface area (Å²) in [6.07, 6.45) is 2.27. The molecule has 4 atom stereocenters. The molecule has 1 saturated carbocycles. The Morgan fingerprint density at radius 3 is 2.39 bits per heavy atom. The molecule has 2 aliphatic rings. The lowest BCUT2D eigenvalue weighted by Crippen LogP contribution is -2.58. The van der Waals surface area contributed by atoms with Crippen LogP contribution in [0, 0.1) is 11.3 Å². The van der Waals surface area contributed by atoms with Gasteiger partial charge >= 0.3 is 5.97 Å². The Kier molecular flexibility index (Phi) is 8.77. The molecule has 4 rings (SSSR count). The van der Waals surface area contributed by atoms with E-state index in [1.54, 1.807) is 30.0 Å². The van der Waals surface area contributed by atoms with E-state index in [9.17, 15) is 23.1 Å². The molecule has 0 radical (unpaired) electrons. The summed E-state index contributed by atoms with van der Waals surface area (Å²) >= 11 is 12.6. The summed E-state index contributed by atoms with van der Waals surface area (Å²) in [7, 11) is -3.50. The third-order valence-corrected chi connectivity index (χ3v) is 9.69. The number of piperidine rings is 1. The van der Waals surface area contributed by atoms with Gasteiger partial charge < -0.3 is 10.0 Å². The van der Waals surface area contributed by atoms with E-state index in [0.29, 0.717) is 22.9 Å². The molecule has 1 unspecified atom stereocenters. The molecule has 1 saturated heterocycles. The minimum Gasteiger partial charge on any atom is -0.481 e. The Labute approximate surface area is 234 Å². The molecule has 0 aromatic heterocycles. The molecule has 2 fully saturated rings. The smallest absolute Gasteiger partial charge is 0.304 e. The second kappa shape index (κ2) is 11.5. The van der Waals surface area contributed by atoms with Gasteiger partial charge in [0.25, 0.3) is 0 Å². The minimum atomic E-state index is -3.50. The van der Waals surface area contributed by atoms with Crippen molar-refractivity contribution in [2.24, 2.45) is 11.3 Å². The van der Waals surface area contributed by atoms with Gasteiger partial charge in [0, 0.05) is 28.5 Å². The number of halogens is 2. The monoisotopic (exact) mass is 580 g/mol. The SMILES string of the molecule is CCC(CNS(=O)(=O)CC1CC1)N1C(=O)[C@@](C)(CC(=O)O)C[C@H](c2cccc(Cl)c2)[C@H]1c1ccc(Cl)cc1. The lowest BCUT2D eigenvalue weighted by atomic mass is 9.67. The summed E-state index contributed by atoms with van der Waals surface area (Å²) in [5.74, 6) is -1.37. The van der Waals surface area contributed by atoms with Gasteiger partial charge in [0.2, 0.25) is 15.9 Å². The summed E-state index contributed by atoms with van der Waals surface area (Å²) in [4.78, 5) is 27.9. The predicted molar refractivity (Wildman–Crippen MR) is 149 cm³/mol. The topological polar surface area (TPSA) is 104 Å². The molecule has 0 bridgehead atoms. The highest BCUT2D eigenvalue weighted by atomic mass is 35.5. The van der Waals surface area contributed by atoms with Crippen molar-refractivity contribution in [1.29, 1.82) is 0 Å². The van der Waals surface area contributed by atoms with Gasteiger partial charge in [-0.1, -0.05) is 61.3 Å². The number of hydrogen-bond donors (Lipinski definition) is 2. The Hall–Kier alpha value is -2.13. The highest BCUT2D eigenvalue weighted by Crippen LogP contribution is 2.52. The van der Waals surface area contributed by atoms with Crippen molar-refractivity contribution in [3.05, 3.63) is 69.7 Å². The highest BCUT2D eigenvalue weighted by Gasteiger charge is 2.52. The summed E-state index contributed by atoms with van der Waals surface area (Å²) in [5.41, 5.74) is 0.530. The summed E-state index contributed by atoms with van der Waals surface area (Å²) < 4.78 is 28.2. The maximum atomic E-state index is 14.2. The van der Waals surface area contributed by atoms with E-state index in [1.165, 1.54) is 0 Å². The number of amides is 1. The third kappa shape index (κ3) is 6.71. The van der Waals surface area contributed by atoms with E-state index in [-0.39, 0.29) is 36.5 Å². The van der Waals surface area contributed by atoms with Crippen LogP contribution in [0.4, 0.5) is 0 Å². The van der Waals surface area contributed by atoms with Gasteiger partial charge in [-0.3, -0.25) is 9.59 Å². The van der Waals surface area contributed by atoms with Crippen molar-refractivity contribution < 1.29 is 23.1 Å². The second-order valence-corrected chi connectivity index (χ2v) is 13.6. The van der Waals surface area contributed by atoms with Crippen molar-refractivity contribution in [2.45, 2.75) is 64.0 Å². The van der Waals surface area contributed by atoms with Gasteiger partial charge in [0.1, 0.15) is 0 Å². The Morgan fingerprint density at radius 2 is 1.82 bits per heavy atom. The van der Waals surface area contributed by atoms with Crippen LogP contribution < -0.4 is 4.72 Å². The maximum Gasteiger partial charge on any atom is 0.304 e. The van der Waals surface area contributed by atoms with Gasteiger partial charge in [0.05, 0.1) is 23.6 Å². The molecule has 38 heavy (non-hydrogen) atoms. The quantitative estimate of drug-likeness (QED) is 0.358. The number of aliphatic carboxylic acids is 1. The van der Waals surface area contributed by atoms with Gasteiger partial charge in [-0.15, -0.1) is 0 Å². The molecule has 206 valence electrons. The highest BCUT2D eigenvalue weighted by molar-refractivity contribution is 7.89. The van der Waals surface area contributed by atoms with Crippen LogP contribution >= 0.6 is 23.2 Å². The van der Waals surface area contributed by atoms with Crippen LogP contribution in [0.3, 0.4) is 0 Å². The Bertz CT molecular complexity index is 1280. The van der Waals surface area contributed by atoms with Crippen LogP contribution in [-0.4, -0.2) is 48.6 Å². The fraction of sp³-hybridized carbons (Fsp3) is 0.500. The number of carbonyl (C=O) groups is 2. The second-order valence-electron chi connectivity index (χ2n) is 10.8. The van der Waals surface area contributed by atoms with Crippen molar-refractivity contribution in [2.75, 3.05) is 12.3 Å². The van der Waals surface area contributed by atoms with Crippen molar-refractivity contribution >= 4 is 45.1 Å². The number of carboxylic acid groups (broad SMARTS) is 1. The largest absolute Gasteiger partial charge is 0.481 e. The van der Waals surface area contributed by atoms with Gasteiger partial charge in [0.15, 0.2) is 0 Å². The van der Waals surface area contributed by atoms with Gasteiger partial charge in [-0.2, -0.15) is 0 Å². The zero-order chi connectivity index (χ0) is 27.7. The maximum absolute atomic E-state index is 14.2. The van der Waals surface area contributed by atoms with E-state index in [2.05, 4.69) is 4.72 Å². The molecule has 1 aliphatic heterocycles. The number of sulfonamides is 1. The van der Waals surface area contributed by atoms with Crippen LogP contribution in [-0.2, 0) is 19.6 Å². The lowest BCUT2D eigenvalue weighted by molar-refractivity contribution is -0.160. The van der Waals surface area contributed by atoms with Crippen LogP contribution in [0.2, 0.25) is 10.0 Å². The first kappa shape index (κ1) is 28.9. The standard InChI is InChI=1S/C28H34Cl2N2O5S/c1-3-23(16-31-38(36,37)17-18-7-8-18)32-26(19-9-11-21(29)12-10-19)24(20-5-4-6-22(30)13-20)14-28(2,27(32)35)15-25(33)34/h4-6,9-13,18,23-24,26,31H,3,7-8,14-17H2,1-2H3,(H,33,34)/t23?,24-,26-,28-/m1/s1. The number of carbonyl (C=O) groups excluding carboxylic acids is 1. The number of rotatable bonds is 11. The first-order chi connectivity index (χ1) is 17.9. The number of benzene rings is 2. The number of nitrogens with one attached hydrogen (secondary N) is 1. The zero-order valence-corrected chi connectivity index (χ0v) is 23.9.